The summed E-state index contributed by atoms with van der Waals surface area (Å²) in [7, 11) is 0. The van der Waals surface area contributed by atoms with Crippen LogP contribution in [0, 0.1) is 11.3 Å². The molecular weight excluding hydrogens is 665 g/mol. The van der Waals surface area contributed by atoms with Crippen molar-refractivity contribution in [2.45, 2.75) is 72.1 Å². The van der Waals surface area contributed by atoms with Crippen molar-refractivity contribution in [2.75, 3.05) is 49.9 Å². The molecule has 4 aromatic heterocycles. The van der Waals surface area contributed by atoms with Crippen molar-refractivity contribution in [3.8, 4) is 33.9 Å². The van der Waals surface area contributed by atoms with Crippen molar-refractivity contribution >= 4 is 34.4 Å². The van der Waals surface area contributed by atoms with Crippen molar-refractivity contribution in [3.63, 3.8) is 0 Å². The second kappa shape index (κ2) is 16.4. The van der Waals surface area contributed by atoms with Gasteiger partial charge in [0.05, 0.1) is 28.3 Å². The van der Waals surface area contributed by atoms with Crippen molar-refractivity contribution in [3.05, 3.63) is 60.8 Å². The third-order valence-corrected chi connectivity index (χ3v) is 10.3. The third-order valence-electron chi connectivity index (χ3n) is 10.3. The average Bonchev–Trinajstić information content (AvgIpc) is 3.81. The number of pyridine rings is 2. The van der Waals surface area contributed by atoms with Gasteiger partial charge in [-0.2, -0.15) is 10.2 Å². The van der Waals surface area contributed by atoms with E-state index in [9.17, 15) is 9.59 Å². The number of benzene rings is 1. The van der Waals surface area contributed by atoms with Crippen LogP contribution in [0.25, 0.3) is 44.8 Å². The van der Waals surface area contributed by atoms with Gasteiger partial charge in [-0.3, -0.25) is 24.8 Å². The summed E-state index contributed by atoms with van der Waals surface area (Å²) in [6.45, 7) is 12.9. The summed E-state index contributed by atoms with van der Waals surface area (Å²) in [5, 5.41) is 21.8. The zero-order chi connectivity index (χ0) is 36.8. The first-order valence-electron chi connectivity index (χ1n) is 19.2. The topological polar surface area (TPSA) is 148 Å². The molecule has 2 fully saturated rings. The number of likely N-dealkylation sites (tertiary alicyclic amines) is 2. The molecule has 7 rings (SSSR count). The Bertz CT molecular complexity index is 2000. The molecule has 0 spiro atoms. The molecule has 12 nitrogen and oxygen atoms in total. The smallest absolute Gasteiger partial charge is 0.226 e. The van der Waals surface area contributed by atoms with Crippen LogP contribution in [0.5, 0.6) is 0 Å². The van der Waals surface area contributed by atoms with Crippen LogP contribution in [0.4, 0.5) is 11.6 Å². The number of hydrogen-bond acceptors (Lipinski definition) is 8. The number of nitrogens with zero attached hydrogens (tertiary/aromatic N) is 6. The highest BCUT2D eigenvalue weighted by Crippen LogP contribution is 2.29. The fourth-order valence-electron chi connectivity index (χ4n) is 7.76. The van der Waals surface area contributed by atoms with Crippen LogP contribution in [0.1, 0.15) is 72.1 Å². The van der Waals surface area contributed by atoms with Crippen LogP contribution < -0.4 is 10.6 Å². The molecule has 1 unspecified atom stereocenters. The second-order valence-corrected chi connectivity index (χ2v) is 15.8. The van der Waals surface area contributed by atoms with E-state index in [1.165, 1.54) is 38.5 Å². The largest absolute Gasteiger partial charge is 0.311 e. The Balaban J connectivity index is 0.929. The van der Waals surface area contributed by atoms with E-state index in [0.717, 1.165) is 78.4 Å². The van der Waals surface area contributed by atoms with Crippen molar-refractivity contribution in [1.29, 1.82) is 0 Å². The minimum Gasteiger partial charge on any atom is -0.311 e. The van der Waals surface area contributed by atoms with Gasteiger partial charge in [0, 0.05) is 60.8 Å². The SMILES string of the molecule is CC(CC(=O)Nc1cc(-c2ccc3nc(-c4ccc(-c5cc(NC(=O)CC(C)(C)CN6CCCCC6)[nH]n5)cn4)ccc3c2)n[nH]1)CN1CCCCC1. The number of nitrogens with one attached hydrogen (secondary N) is 4. The first kappa shape index (κ1) is 36.4. The molecule has 4 N–H and O–H groups in total. The lowest BCUT2D eigenvalue weighted by Gasteiger charge is -2.34. The first-order chi connectivity index (χ1) is 25.7. The number of fused-ring (bicyclic) bond motifs is 1. The Morgan fingerprint density at radius 3 is 2.04 bits per heavy atom. The van der Waals surface area contributed by atoms with Crippen molar-refractivity contribution in [1.82, 2.24) is 40.2 Å². The lowest BCUT2D eigenvalue weighted by molar-refractivity contribution is -0.118. The Morgan fingerprint density at radius 2 is 1.36 bits per heavy atom. The van der Waals surface area contributed by atoms with E-state index in [2.05, 4.69) is 72.6 Å². The summed E-state index contributed by atoms with van der Waals surface area (Å²) in [6, 6.07) is 17.6. The Labute approximate surface area is 311 Å². The quantitative estimate of drug-likeness (QED) is 0.0988. The normalized spacial score (nSPS) is 16.4. The van der Waals surface area contributed by atoms with E-state index in [1.807, 2.05) is 48.5 Å². The van der Waals surface area contributed by atoms with E-state index in [0.29, 0.717) is 36.1 Å². The maximum atomic E-state index is 12.9. The highest BCUT2D eigenvalue weighted by molar-refractivity contribution is 5.92. The lowest BCUT2D eigenvalue weighted by atomic mass is 9.87. The summed E-state index contributed by atoms with van der Waals surface area (Å²) in [5.74, 6) is 1.44. The predicted octanol–water partition coefficient (Wildman–Crippen LogP) is 7.37. The van der Waals surface area contributed by atoms with Crippen molar-refractivity contribution < 1.29 is 9.59 Å². The molecule has 0 bridgehead atoms. The number of H-pyrrole nitrogens is 2. The molecule has 1 atom stereocenters. The number of carbonyl (C=O) groups is 2. The Kier molecular flexibility index (Phi) is 11.3. The lowest BCUT2D eigenvalue weighted by Crippen LogP contribution is -2.39. The van der Waals surface area contributed by atoms with Crippen LogP contribution in [0.15, 0.2) is 60.8 Å². The second-order valence-electron chi connectivity index (χ2n) is 15.8. The number of aromatic amines is 2. The molecule has 2 saturated heterocycles. The van der Waals surface area contributed by atoms with Crippen LogP contribution in [0.3, 0.4) is 0 Å². The van der Waals surface area contributed by atoms with Gasteiger partial charge in [0.1, 0.15) is 11.6 Å². The van der Waals surface area contributed by atoms with E-state index in [4.69, 9.17) is 4.98 Å². The number of carbonyl (C=O) groups excluding carboxylic acids is 2. The summed E-state index contributed by atoms with van der Waals surface area (Å²) < 4.78 is 0. The molecular formula is C41H52N10O2. The molecule has 6 heterocycles. The van der Waals surface area contributed by atoms with Gasteiger partial charge in [-0.15, -0.1) is 0 Å². The van der Waals surface area contributed by atoms with Gasteiger partial charge in [-0.05, 0) is 93.5 Å². The molecule has 0 saturated carbocycles. The summed E-state index contributed by atoms with van der Waals surface area (Å²) in [6.07, 6.45) is 10.3. The van der Waals surface area contributed by atoms with Crippen LogP contribution in [0.2, 0.25) is 0 Å². The molecule has 5 aromatic rings. The summed E-state index contributed by atoms with van der Waals surface area (Å²) in [5.41, 5.74) is 5.46. The van der Waals surface area contributed by atoms with Gasteiger partial charge < -0.3 is 20.4 Å². The number of hydrogen-bond donors (Lipinski definition) is 4. The van der Waals surface area contributed by atoms with Gasteiger partial charge in [0.15, 0.2) is 0 Å². The summed E-state index contributed by atoms with van der Waals surface area (Å²) in [4.78, 5) is 40.1. The molecule has 12 heteroatoms. The first-order valence-corrected chi connectivity index (χ1v) is 19.2. The Morgan fingerprint density at radius 1 is 0.736 bits per heavy atom. The number of amides is 2. The average molecular weight is 717 g/mol. The standard InChI is InChI=1S/C41H52N10O2/c1-28(26-50-16-6-4-7-17-50)20-39(52)44-37-22-35(46-48-37)30-10-13-32-29(21-30)11-15-34(43-32)33-14-12-31(25-42-33)36-23-38(49-47-36)45-40(53)24-41(2,3)27-51-18-8-5-9-19-51/h10-15,21-23,25,28H,4-9,16-20,24,26-27H2,1-3H3,(H2,44,46,48,52)(H2,45,47,49,53). The number of aromatic nitrogens is 6. The highest BCUT2D eigenvalue weighted by atomic mass is 16.2. The van der Waals surface area contributed by atoms with Gasteiger partial charge in [-0.25, -0.2) is 4.98 Å². The van der Waals surface area contributed by atoms with Gasteiger partial charge >= 0.3 is 0 Å². The molecule has 0 aliphatic carbocycles. The monoisotopic (exact) mass is 716 g/mol. The number of piperidine rings is 2. The number of anilines is 2. The highest BCUT2D eigenvalue weighted by Gasteiger charge is 2.26. The van der Waals surface area contributed by atoms with E-state index in [1.54, 1.807) is 6.20 Å². The van der Waals surface area contributed by atoms with E-state index >= 15 is 0 Å². The Hall–Kier alpha value is -4.94. The van der Waals surface area contributed by atoms with Crippen molar-refractivity contribution in [2.24, 2.45) is 11.3 Å². The van der Waals surface area contributed by atoms with E-state index in [-0.39, 0.29) is 17.2 Å². The fraction of sp³-hybridized carbons (Fsp3) is 0.463. The van der Waals surface area contributed by atoms with Crippen LogP contribution in [-0.4, -0.2) is 91.2 Å². The molecule has 278 valence electrons. The molecule has 53 heavy (non-hydrogen) atoms. The van der Waals surface area contributed by atoms with Gasteiger partial charge in [-0.1, -0.05) is 45.7 Å². The van der Waals surface area contributed by atoms with Gasteiger partial charge in [0.25, 0.3) is 0 Å². The zero-order valence-corrected chi connectivity index (χ0v) is 31.3. The van der Waals surface area contributed by atoms with Crippen LogP contribution >= 0.6 is 0 Å². The number of rotatable bonds is 13. The fourth-order valence-corrected chi connectivity index (χ4v) is 7.76. The van der Waals surface area contributed by atoms with E-state index < -0.39 is 0 Å². The van der Waals surface area contributed by atoms with Gasteiger partial charge in [0.2, 0.25) is 11.8 Å². The minimum absolute atomic E-state index is 0.00226. The molecule has 1 aromatic carbocycles. The molecule has 2 amide bonds. The van der Waals surface area contributed by atoms with Crippen LogP contribution in [-0.2, 0) is 9.59 Å². The third kappa shape index (κ3) is 9.74. The molecule has 0 radical (unpaired) electrons. The molecule has 2 aliphatic rings. The maximum absolute atomic E-state index is 12.9. The minimum atomic E-state index is -0.113. The summed E-state index contributed by atoms with van der Waals surface area (Å²) >= 11 is 0. The predicted molar refractivity (Wildman–Crippen MR) is 210 cm³/mol. The maximum Gasteiger partial charge on any atom is 0.226 e. The molecule has 2 aliphatic heterocycles. The zero-order valence-electron chi connectivity index (χ0n) is 31.3.